The Bertz CT molecular complexity index is 702. The molecule has 6 heteroatoms. The second kappa shape index (κ2) is 7.09. The van der Waals surface area contributed by atoms with Gasteiger partial charge in [0.1, 0.15) is 5.56 Å². The van der Waals surface area contributed by atoms with Gasteiger partial charge in [-0.1, -0.05) is 31.1 Å². The molecule has 1 heterocycles. The number of carbonyl (C=O) groups is 2. The van der Waals surface area contributed by atoms with Crippen molar-refractivity contribution in [2.24, 2.45) is 0 Å². The van der Waals surface area contributed by atoms with Crippen molar-refractivity contribution in [3.63, 3.8) is 0 Å². The Labute approximate surface area is 134 Å². The van der Waals surface area contributed by atoms with Crippen molar-refractivity contribution in [1.29, 1.82) is 0 Å². The van der Waals surface area contributed by atoms with Gasteiger partial charge < -0.3 is 9.26 Å². The largest absolute Gasteiger partial charge is 0.462 e. The number of nitrogens with one attached hydrogen (secondary N) is 1. The SMILES string of the molecule is CCOC(=O)c1c(C)noc1NC(=O)c1ccc(C(C)C)cc1. The van der Waals surface area contributed by atoms with Gasteiger partial charge in [-0.05, 0) is 37.5 Å². The summed E-state index contributed by atoms with van der Waals surface area (Å²) in [6.07, 6.45) is 0. The molecule has 1 aromatic carbocycles. The van der Waals surface area contributed by atoms with Crippen molar-refractivity contribution in [3.05, 3.63) is 46.6 Å². The van der Waals surface area contributed by atoms with E-state index in [-0.39, 0.29) is 24.0 Å². The standard InChI is InChI=1S/C17H20N2O4/c1-5-22-17(21)14-11(4)19-23-16(14)18-15(20)13-8-6-12(7-9-13)10(2)3/h6-10H,5H2,1-4H3,(H,18,20). The number of nitrogens with zero attached hydrogens (tertiary/aromatic N) is 1. The predicted octanol–water partition coefficient (Wildman–Crippen LogP) is 3.54. The van der Waals surface area contributed by atoms with Gasteiger partial charge in [0.2, 0.25) is 5.88 Å². The predicted molar refractivity (Wildman–Crippen MR) is 85.7 cm³/mol. The number of anilines is 1. The van der Waals surface area contributed by atoms with Crippen LogP contribution in [0.4, 0.5) is 5.88 Å². The summed E-state index contributed by atoms with van der Waals surface area (Å²) in [6, 6.07) is 7.27. The van der Waals surface area contributed by atoms with Crippen molar-refractivity contribution in [3.8, 4) is 0 Å². The lowest BCUT2D eigenvalue weighted by Crippen LogP contribution is -2.15. The molecule has 0 fully saturated rings. The summed E-state index contributed by atoms with van der Waals surface area (Å²) in [5.41, 5.74) is 2.12. The van der Waals surface area contributed by atoms with Crippen LogP contribution in [0, 0.1) is 6.92 Å². The van der Waals surface area contributed by atoms with Gasteiger partial charge in [0.15, 0.2) is 0 Å². The molecule has 0 saturated heterocycles. The van der Waals surface area contributed by atoms with Crippen LogP contribution in [0.2, 0.25) is 0 Å². The summed E-state index contributed by atoms with van der Waals surface area (Å²) in [5, 5.41) is 6.28. The van der Waals surface area contributed by atoms with Crippen LogP contribution in [-0.2, 0) is 4.74 Å². The quantitative estimate of drug-likeness (QED) is 0.853. The van der Waals surface area contributed by atoms with Crippen molar-refractivity contribution in [2.45, 2.75) is 33.6 Å². The average Bonchev–Trinajstić information content (AvgIpc) is 2.88. The molecule has 1 N–H and O–H groups in total. The Hall–Kier alpha value is -2.63. The van der Waals surface area contributed by atoms with Gasteiger partial charge in [0.25, 0.3) is 5.91 Å². The van der Waals surface area contributed by atoms with Crippen molar-refractivity contribution in [2.75, 3.05) is 11.9 Å². The number of esters is 1. The molecule has 0 aliphatic heterocycles. The highest BCUT2D eigenvalue weighted by Gasteiger charge is 2.23. The second-order valence-corrected chi connectivity index (χ2v) is 5.42. The molecule has 2 rings (SSSR count). The smallest absolute Gasteiger partial charge is 0.345 e. The molecule has 2 aromatic rings. The van der Waals surface area contributed by atoms with Gasteiger partial charge in [-0.3, -0.25) is 10.1 Å². The van der Waals surface area contributed by atoms with Gasteiger partial charge in [0.05, 0.1) is 12.3 Å². The number of benzene rings is 1. The van der Waals surface area contributed by atoms with Crippen LogP contribution in [0.3, 0.4) is 0 Å². The molecule has 1 aromatic heterocycles. The lowest BCUT2D eigenvalue weighted by molar-refractivity contribution is 0.0526. The fraction of sp³-hybridized carbons (Fsp3) is 0.353. The van der Waals surface area contributed by atoms with Gasteiger partial charge >= 0.3 is 5.97 Å². The lowest BCUT2D eigenvalue weighted by atomic mass is 10.0. The van der Waals surface area contributed by atoms with Crippen LogP contribution in [-0.4, -0.2) is 23.6 Å². The molecule has 0 spiro atoms. The molecule has 122 valence electrons. The highest BCUT2D eigenvalue weighted by molar-refractivity contribution is 6.07. The number of aryl methyl sites for hydroxylation is 1. The number of aromatic nitrogens is 1. The molecule has 0 atom stereocenters. The maximum atomic E-state index is 12.3. The van der Waals surface area contributed by atoms with Crippen molar-refractivity contribution in [1.82, 2.24) is 5.16 Å². The average molecular weight is 316 g/mol. The zero-order chi connectivity index (χ0) is 17.0. The maximum Gasteiger partial charge on any atom is 0.345 e. The Kier molecular flexibility index (Phi) is 5.16. The minimum absolute atomic E-state index is 0.00103. The number of hydrogen-bond acceptors (Lipinski definition) is 5. The summed E-state index contributed by atoms with van der Waals surface area (Å²) in [7, 11) is 0. The third kappa shape index (κ3) is 3.77. The summed E-state index contributed by atoms with van der Waals surface area (Å²) in [4.78, 5) is 24.2. The highest BCUT2D eigenvalue weighted by atomic mass is 16.5. The van der Waals surface area contributed by atoms with E-state index in [0.717, 1.165) is 5.56 Å². The zero-order valence-electron chi connectivity index (χ0n) is 13.7. The van der Waals surface area contributed by atoms with Crippen LogP contribution >= 0.6 is 0 Å². The van der Waals surface area contributed by atoms with Crippen molar-refractivity contribution < 1.29 is 18.8 Å². The van der Waals surface area contributed by atoms with Gasteiger partial charge in [-0.15, -0.1) is 0 Å². The van der Waals surface area contributed by atoms with E-state index < -0.39 is 5.97 Å². The third-order valence-corrected chi connectivity index (χ3v) is 3.41. The molecular formula is C17H20N2O4. The molecular weight excluding hydrogens is 296 g/mol. The molecule has 6 nitrogen and oxygen atoms in total. The molecule has 0 unspecified atom stereocenters. The first-order valence-corrected chi connectivity index (χ1v) is 7.48. The molecule has 0 radical (unpaired) electrons. The first-order valence-electron chi connectivity index (χ1n) is 7.48. The monoisotopic (exact) mass is 316 g/mol. The van der Waals surface area contributed by atoms with Crippen LogP contribution in [0.25, 0.3) is 0 Å². The zero-order valence-corrected chi connectivity index (χ0v) is 13.7. The summed E-state index contributed by atoms with van der Waals surface area (Å²) < 4.78 is 9.98. The van der Waals surface area contributed by atoms with E-state index in [4.69, 9.17) is 9.26 Å². The van der Waals surface area contributed by atoms with Gasteiger partial charge in [-0.25, -0.2) is 4.79 Å². The van der Waals surface area contributed by atoms with Gasteiger partial charge in [0, 0.05) is 5.56 Å². The molecule has 0 bridgehead atoms. The second-order valence-electron chi connectivity index (χ2n) is 5.42. The van der Waals surface area contributed by atoms with E-state index in [2.05, 4.69) is 24.3 Å². The maximum absolute atomic E-state index is 12.3. The van der Waals surface area contributed by atoms with Crippen LogP contribution in [0.1, 0.15) is 58.7 Å². The van der Waals surface area contributed by atoms with Gasteiger partial charge in [-0.2, -0.15) is 0 Å². The Morgan fingerprint density at radius 3 is 2.48 bits per heavy atom. The van der Waals surface area contributed by atoms with E-state index in [9.17, 15) is 9.59 Å². The van der Waals surface area contributed by atoms with E-state index in [0.29, 0.717) is 17.2 Å². The van der Waals surface area contributed by atoms with Crippen LogP contribution in [0.5, 0.6) is 0 Å². The fourth-order valence-corrected chi connectivity index (χ4v) is 2.09. The van der Waals surface area contributed by atoms with E-state index >= 15 is 0 Å². The molecule has 0 aliphatic carbocycles. The Balaban J connectivity index is 2.19. The first kappa shape index (κ1) is 16.7. The van der Waals surface area contributed by atoms with Crippen LogP contribution in [0.15, 0.2) is 28.8 Å². The first-order chi connectivity index (χ1) is 10.9. The van der Waals surface area contributed by atoms with E-state index in [1.807, 2.05) is 12.1 Å². The number of rotatable bonds is 5. The summed E-state index contributed by atoms with van der Waals surface area (Å²) >= 11 is 0. The Morgan fingerprint density at radius 2 is 1.91 bits per heavy atom. The Morgan fingerprint density at radius 1 is 1.26 bits per heavy atom. The number of carbonyl (C=O) groups excluding carboxylic acids is 2. The van der Waals surface area contributed by atoms with E-state index in [1.165, 1.54) is 0 Å². The minimum Gasteiger partial charge on any atom is -0.462 e. The van der Waals surface area contributed by atoms with Crippen molar-refractivity contribution >= 4 is 17.8 Å². The molecule has 1 amide bonds. The molecule has 0 saturated carbocycles. The van der Waals surface area contributed by atoms with Crippen LogP contribution < -0.4 is 5.32 Å². The molecule has 23 heavy (non-hydrogen) atoms. The normalized spacial score (nSPS) is 10.7. The third-order valence-electron chi connectivity index (χ3n) is 3.41. The summed E-state index contributed by atoms with van der Waals surface area (Å²) in [6.45, 7) is 7.71. The fourth-order valence-electron chi connectivity index (χ4n) is 2.09. The molecule has 0 aliphatic rings. The number of amides is 1. The minimum atomic E-state index is -0.572. The lowest BCUT2D eigenvalue weighted by Gasteiger charge is -2.07. The van der Waals surface area contributed by atoms with E-state index in [1.54, 1.807) is 26.0 Å². The topological polar surface area (TPSA) is 81.4 Å². The summed E-state index contributed by atoms with van der Waals surface area (Å²) in [5.74, 6) is -0.558. The number of ether oxygens (including phenoxy) is 1. The number of hydrogen-bond donors (Lipinski definition) is 1. The highest BCUT2D eigenvalue weighted by Crippen LogP contribution is 2.22.